The zero-order valence-corrected chi connectivity index (χ0v) is 16.4. The van der Waals surface area contributed by atoms with Crippen molar-refractivity contribution in [1.82, 2.24) is 10.2 Å². The van der Waals surface area contributed by atoms with Gasteiger partial charge in [0.1, 0.15) is 0 Å². The van der Waals surface area contributed by atoms with Gasteiger partial charge in [0, 0.05) is 37.1 Å². The summed E-state index contributed by atoms with van der Waals surface area (Å²) in [7, 11) is 1.56. The van der Waals surface area contributed by atoms with Crippen LogP contribution >= 0.6 is 0 Å². The fraction of sp³-hybridized carbons (Fsp3) is 0.286. The second kappa shape index (κ2) is 10.1. The third-order valence-electron chi connectivity index (χ3n) is 4.30. The number of hydrogen-bond donors (Lipinski definition) is 3. The molecule has 0 unspecified atom stereocenters. The smallest absolute Gasteiger partial charge is 0.253 e. The van der Waals surface area contributed by atoms with E-state index in [0.29, 0.717) is 35.6 Å². The summed E-state index contributed by atoms with van der Waals surface area (Å²) in [6, 6.07) is 13.8. The standard InChI is InChI=1S/C21H26N4O3/c1-4-25(5-2)21(28)15-10-12-16(13-11-15)24-19(26)14-23-18-9-7-6-8-17(18)20(27)22-3/h6-13,23H,4-5,14H2,1-3H3,(H,22,27)(H,24,26). The van der Waals surface area contributed by atoms with Crippen LogP contribution in [0.3, 0.4) is 0 Å². The van der Waals surface area contributed by atoms with Crippen LogP contribution in [0.15, 0.2) is 48.5 Å². The number of nitrogens with zero attached hydrogens (tertiary/aromatic N) is 1. The first-order valence-electron chi connectivity index (χ1n) is 9.24. The molecule has 2 aromatic rings. The van der Waals surface area contributed by atoms with Gasteiger partial charge in [-0.25, -0.2) is 0 Å². The lowest BCUT2D eigenvalue weighted by molar-refractivity contribution is -0.114. The highest BCUT2D eigenvalue weighted by molar-refractivity contribution is 6.01. The van der Waals surface area contributed by atoms with Crippen molar-refractivity contribution in [2.75, 3.05) is 37.3 Å². The summed E-state index contributed by atoms with van der Waals surface area (Å²) < 4.78 is 0. The molecule has 0 fully saturated rings. The molecule has 0 saturated carbocycles. The van der Waals surface area contributed by atoms with Crippen molar-refractivity contribution in [3.05, 3.63) is 59.7 Å². The van der Waals surface area contributed by atoms with E-state index in [1.807, 2.05) is 13.8 Å². The Hall–Kier alpha value is -3.35. The number of carbonyl (C=O) groups excluding carboxylic acids is 3. The lowest BCUT2D eigenvalue weighted by atomic mass is 10.1. The molecule has 0 aromatic heterocycles. The maximum absolute atomic E-state index is 12.3. The Morgan fingerprint density at radius 2 is 1.57 bits per heavy atom. The van der Waals surface area contributed by atoms with Gasteiger partial charge in [-0.15, -0.1) is 0 Å². The summed E-state index contributed by atoms with van der Waals surface area (Å²) in [6.45, 7) is 5.18. The molecule has 0 radical (unpaired) electrons. The number of carbonyl (C=O) groups is 3. The Bertz CT molecular complexity index is 830. The van der Waals surface area contributed by atoms with Crippen molar-refractivity contribution >= 4 is 29.1 Å². The summed E-state index contributed by atoms with van der Waals surface area (Å²) in [5.74, 6) is -0.512. The summed E-state index contributed by atoms with van der Waals surface area (Å²) in [4.78, 5) is 38.1. The molecular weight excluding hydrogens is 356 g/mol. The predicted octanol–water partition coefficient (Wildman–Crippen LogP) is 2.58. The minimum atomic E-state index is -0.255. The molecule has 0 heterocycles. The Labute approximate surface area is 165 Å². The molecule has 3 amide bonds. The van der Waals surface area contributed by atoms with Gasteiger partial charge in [-0.1, -0.05) is 12.1 Å². The second-order valence-electron chi connectivity index (χ2n) is 6.08. The van der Waals surface area contributed by atoms with Crippen LogP contribution in [0.25, 0.3) is 0 Å². The summed E-state index contributed by atoms with van der Waals surface area (Å²) in [5, 5.41) is 8.32. The topological polar surface area (TPSA) is 90.5 Å². The van der Waals surface area contributed by atoms with Gasteiger partial charge in [0.25, 0.3) is 11.8 Å². The Kier molecular flexibility index (Phi) is 7.56. The van der Waals surface area contributed by atoms with E-state index in [9.17, 15) is 14.4 Å². The van der Waals surface area contributed by atoms with Crippen molar-refractivity contribution < 1.29 is 14.4 Å². The van der Waals surface area contributed by atoms with Gasteiger partial charge in [0.05, 0.1) is 12.1 Å². The average molecular weight is 382 g/mol. The van der Waals surface area contributed by atoms with Crippen molar-refractivity contribution in [3.63, 3.8) is 0 Å². The molecule has 2 aromatic carbocycles. The van der Waals surface area contributed by atoms with Gasteiger partial charge in [0.2, 0.25) is 5.91 Å². The van der Waals surface area contributed by atoms with Crippen LogP contribution in [0, 0.1) is 0 Å². The van der Waals surface area contributed by atoms with E-state index < -0.39 is 0 Å². The molecule has 7 heteroatoms. The molecule has 0 aliphatic rings. The molecule has 0 saturated heterocycles. The first-order valence-corrected chi connectivity index (χ1v) is 9.24. The molecule has 0 bridgehead atoms. The number of para-hydroxylation sites is 1. The zero-order valence-electron chi connectivity index (χ0n) is 16.4. The van der Waals surface area contributed by atoms with E-state index in [2.05, 4.69) is 16.0 Å². The lowest BCUT2D eigenvalue weighted by Gasteiger charge is -2.18. The van der Waals surface area contributed by atoms with E-state index in [1.165, 1.54) is 0 Å². The highest BCUT2D eigenvalue weighted by atomic mass is 16.2. The molecule has 28 heavy (non-hydrogen) atoms. The summed E-state index contributed by atoms with van der Waals surface area (Å²) in [6.07, 6.45) is 0. The predicted molar refractivity (Wildman–Crippen MR) is 111 cm³/mol. The Balaban J connectivity index is 1.95. The van der Waals surface area contributed by atoms with Crippen molar-refractivity contribution in [2.24, 2.45) is 0 Å². The van der Waals surface area contributed by atoms with Gasteiger partial charge in [0.15, 0.2) is 0 Å². The summed E-state index contributed by atoms with van der Waals surface area (Å²) in [5.41, 5.74) is 2.23. The van der Waals surface area contributed by atoms with Crippen LogP contribution < -0.4 is 16.0 Å². The maximum atomic E-state index is 12.3. The van der Waals surface area contributed by atoms with Crippen molar-refractivity contribution in [3.8, 4) is 0 Å². The minimum Gasteiger partial charge on any atom is -0.376 e. The largest absolute Gasteiger partial charge is 0.376 e. The van der Waals surface area contributed by atoms with Crippen LogP contribution in [0.1, 0.15) is 34.6 Å². The fourth-order valence-electron chi connectivity index (χ4n) is 2.74. The molecule has 0 spiro atoms. The highest BCUT2D eigenvalue weighted by Gasteiger charge is 2.13. The van der Waals surface area contributed by atoms with E-state index in [4.69, 9.17) is 0 Å². The normalized spacial score (nSPS) is 10.1. The quantitative estimate of drug-likeness (QED) is 0.654. The third-order valence-corrected chi connectivity index (χ3v) is 4.30. The molecule has 0 atom stereocenters. The molecule has 7 nitrogen and oxygen atoms in total. The first-order chi connectivity index (χ1) is 13.5. The van der Waals surface area contributed by atoms with Crippen molar-refractivity contribution in [1.29, 1.82) is 0 Å². The Morgan fingerprint density at radius 1 is 0.929 bits per heavy atom. The zero-order chi connectivity index (χ0) is 20.5. The van der Waals surface area contributed by atoms with Crippen LogP contribution in [-0.4, -0.2) is 49.3 Å². The molecule has 148 valence electrons. The van der Waals surface area contributed by atoms with Gasteiger partial charge in [-0.05, 0) is 50.2 Å². The van der Waals surface area contributed by atoms with E-state index >= 15 is 0 Å². The molecule has 0 aliphatic carbocycles. The van der Waals surface area contributed by atoms with E-state index in [-0.39, 0.29) is 24.3 Å². The van der Waals surface area contributed by atoms with Gasteiger partial charge in [-0.2, -0.15) is 0 Å². The SMILES string of the molecule is CCN(CC)C(=O)c1ccc(NC(=O)CNc2ccccc2C(=O)NC)cc1. The van der Waals surface area contributed by atoms with Crippen LogP contribution in [-0.2, 0) is 4.79 Å². The van der Waals surface area contributed by atoms with Crippen LogP contribution in [0.2, 0.25) is 0 Å². The minimum absolute atomic E-state index is 0.00807. The number of benzene rings is 2. The number of amides is 3. The van der Waals surface area contributed by atoms with Crippen LogP contribution in [0.5, 0.6) is 0 Å². The van der Waals surface area contributed by atoms with Gasteiger partial charge >= 0.3 is 0 Å². The number of hydrogen-bond acceptors (Lipinski definition) is 4. The van der Waals surface area contributed by atoms with Crippen molar-refractivity contribution in [2.45, 2.75) is 13.8 Å². The van der Waals surface area contributed by atoms with E-state index in [0.717, 1.165) is 0 Å². The van der Waals surface area contributed by atoms with Gasteiger partial charge in [-0.3, -0.25) is 14.4 Å². The molecule has 3 N–H and O–H groups in total. The summed E-state index contributed by atoms with van der Waals surface area (Å²) >= 11 is 0. The fourth-order valence-corrected chi connectivity index (χ4v) is 2.74. The lowest BCUT2D eigenvalue weighted by Crippen LogP contribution is -2.30. The van der Waals surface area contributed by atoms with E-state index in [1.54, 1.807) is 60.5 Å². The first kappa shape index (κ1) is 21.0. The number of nitrogens with one attached hydrogen (secondary N) is 3. The maximum Gasteiger partial charge on any atom is 0.253 e. The molecule has 2 rings (SSSR count). The van der Waals surface area contributed by atoms with Gasteiger partial charge < -0.3 is 20.9 Å². The second-order valence-corrected chi connectivity index (χ2v) is 6.08. The number of rotatable bonds is 8. The number of anilines is 2. The highest BCUT2D eigenvalue weighted by Crippen LogP contribution is 2.15. The van der Waals surface area contributed by atoms with Crippen LogP contribution in [0.4, 0.5) is 11.4 Å². The monoisotopic (exact) mass is 382 g/mol. The third kappa shape index (κ3) is 5.33. The average Bonchev–Trinajstić information content (AvgIpc) is 2.73. The molecular formula is C21H26N4O3. The Morgan fingerprint density at radius 3 is 2.18 bits per heavy atom. The molecule has 0 aliphatic heterocycles.